The van der Waals surface area contributed by atoms with Gasteiger partial charge in [0.25, 0.3) is 0 Å². The van der Waals surface area contributed by atoms with E-state index in [0.717, 1.165) is 22.0 Å². The second kappa shape index (κ2) is 6.05. The van der Waals surface area contributed by atoms with Crippen LogP contribution in [0.3, 0.4) is 0 Å². The highest BCUT2D eigenvalue weighted by molar-refractivity contribution is 5.88. The Morgan fingerprint density at radius 1 is 1.12 bits per heavy atom. The van der Waals surface area contributed by atoms with Crippen molar-refractivity contribution < 1.29 is 14.2 Å². The van der Waals surface area contributed by atoms with Gasteiger partial charge in [-0.05, 0) is 29.8 Å². The molecule has 1 atom stereocenters. The number of hydrogen-bond donors (Lipinski definition) is 2. The molecule has 2 heterocycles. The van der Waals surface area contributed by atoms with Gasteiger partial charge in [0.1, 0.15) is 17.4 Å². The number of benzene rings is 2. The van der Waals surface area contributed by atoms with E-state index in [1.165, 1.54) is 0 Å². The molecule has 6 heteroatoms. The predicted octanol–water partition coefficient (Wildman–Crippen LogP) is 3.40. The summed E-state index contributed by atoms with van der Waals surface area (Å²) in [5.41, 5.74) is 9.17. The Kier molecular flexibility index (Phi) is 3.70. The summed E-state index contributed by atoms with van der Waals surface area (Å²) in [5.74, 6) is 1.66. The van der Waals surface area contributed by atoms with E-state index in [1.54, 1.807) is 14.2 Å². The number of H-pyrrole nitrogens is 1. The van der Waals surface area contributed by atoms with Crippen LogP contribution in [0.15, 0.2) is 54.1 Å². The zero-order valence-electron chi connectivity index (χ0n) is 14.4. The maximum atomic E-state index is 9.69. The van der Waals surface area contributed by atoms with Crippen LogP contribution in [0.2, 0.25) is 0 Å². The van der Waals surface area contributed by atoms with Gasteiger partial charge in [-0.25, -0.2) is 0 Å². The third-order valence-corrected chi connectivity index (χ3v) is 4.65. The zero-order valence-corrected chi connectivity index (χ0v) is 14.4. The van der Waals surface area contributed by atoms with Crippen LogP contribution in [0, 0.1) is 11.3 Å². The molecular weight excluding hydrogens is 330 g/mol. The van der Waals surface area contributed by atoms with Gasteiger partial charge >= 0.3 is 0 Å². The molecule has 0 unspecified atom stereocenters. The van der Waals surface area contributed by atoms with Crippen LogP contribution >= 0.6 is 0 Å². The Morgan fingerprint density at radius 3 is 2.65 bits per heavy atom. The van der Waals surface area contributed by atoms with Crippen molar-refractivity contribution in [1.29, 1.82) is 5.26 Å². The fourth-order valence-electron chi connectivity index (χ4n) is 3.42. The zero-order chi connectivity index (χ0) is 18.3. The Hall–Kier alpha value is -3.59. The average molecular weight is 347 g/mol. The molecule has 0 spiro atoms. The van der Waals surface area contributed by atoms with Crippen LogP contribution < -0.4 is 19.9 Å². The normalized spacial score (nSPS) is 16.0. The topological polar surface area (TPSA) is 93.3 Å². The van der Waals surface area contributed by atoms with Crippen molar-refractivity contribution in [2.45, 2.75) is 5.92 Å². The molecular formula is C20H17N3O3. The van der Waals surface area contributed by atoms with Gasteiger partial charge in [-0.1, -0.05) is 12.1 Å². The number of aromatic nitrogens is 1. The number of allylic oxidation sites excluding steroid dienone is 1. The third kappa shape index (κ3) is 2.25. The number of aromatic amines is 1. The molecule has 2 aromatic carbocycles. The maximum Gasteiger partial charge on any atom is 0.205 e. The Bertz CT molecular complexity index is 1080. The van der Waals surface area contributed by atoms with Crippen molar-refractivity contribution >= 4 is 10.9 Å². The molecule has 1 aromatic heterocycles. The van der Waals surface area contributed by atoms with E-state index in [2.05, 4.69) is 11.1 Å². The standard InChI is InChI=1S/C20H17N3O3/c1-24-16-6-3-11(9-17(16)25-2)18-13-4-5-15-12(7-8-23-15)19(13)26-20(22)14(18)10-21/h3-9,18,23H,22H2,1-2H3/t18-/m0/s1. The molecule has 26 heavy (non-hydrogen) atoms. The molecule has 0 aliphatic carbocycles. The monoisotopic (exact) mass is 347 g/mol. The van der Waals surface area contributed by atoms with E-state index in [1.807, 2.05) is 42.6 Å². The van der Waals surface area contributed by atoms with Crippen LogP contribution in [0.5, 0.6) is 17.2 Å². The summed E-state index contributed by atoms with van der Waals surface area (Å²) in [7, 11) is 3.17. The molecule has 0 bridgehead atoms. The number of nitrogens with zero attached hydrogens (tertiary/aromatic N) is 1. The lowest BCUT2D eigenvalue weighted by atomic mass is 9.83. The lowest BCUT2D eigenvalue weighted by Crippen LogP contribution is -2.21. The summed E-state index contributed by atoms with van der Waals surface area (Å²) in [5, 5.41) is 10.6. The Labute approximate surface area is 150 Å². The Morgan fingerprint density at radius 2 is 1.92 bits per heavy atom. The minimum absolute atomic E-state index is 0.119. The lowest BCUT2D eigenvalue weighted by molar-refractivity contribution is 0.354. The van der Waals surface area contributed by atoms with Gasteiger partial charge in [0, 0.05) is 22.7 Å². The first-order valence-corrected chi connectivity index (χ1v) is 8.07. The molecule has 1 aliphatic heterocycles. The van der Waals surface area contributed by atoms with Gasteiger partial charge in [-0.3, -0.25) is 0 Å². The van der Waals surface area contributed by atoms with Gasteiger partial charge in [0.15, 0.2) is 11.5 Å². The molecule has 1 aliphatic rings. The molecule has 0 radical (unpaired) electrons. The molecule has 6 nitrogen and oxygen atoms in total. The highest BCUT2D eigenvalue weighted by atomic mass is 16.5. The summed E-state index contributed by atoms with van der Waals surface area (Å²) in [6.07, 6.45) is 1.85. The van der Waals surface area contributed by atoms with Gasteiger partial charge in [-0.15, -0.1) is 0 Å². The highest BCUT2D eigenvalue weighted by Gasteiger charge is 2.32. The van der Waals surface area contributed by atoms with Crippen LogP contribution in [0.25, 0.3) is 10.9 Å². The fraction of sp³-hybridized carbons (Fsp3) is 0.150. The first-order valence-electron chi connectivity index (χ1n) is 8.07. The molecule has 0 amide bonds. The number of nitriles is 1. The number of hydrogen-bond acceptors (Lipinski definition) is 5. The predicted molar refractivity (Wildman–Crippen MR) is 97.1 cm³/mol. The fourth-order valence-corrected chi connectivity index (χ4v) is 3.42. The largest absolute Gasteiger partial charge is 0.493 e. The van der Waals surface area contributed by atoms with Crippen molar-refractivity contribution in [1.82, 2.24) is 4.98 Å². The molecule has 3 aromatic rings. The smallest absolute Gasteiger partial charge is 0.205 e. The first kappa shape index (κ1) is 15.9. The molecule has 0 fully saturated rings. The number of methoxy groups -OCH3 is 2. The average Bonchev–Trinajstić information content (AvgIpc) is 3.15. The van der Waals surface area contributed by atoms with Gasteiger partial charge in [0.05, 0.1) is 20.1 Å². The van der Waals surface area contributed by atoms with Crippen molar-refractivity contribution in [3.8, 4) is 23.3 Å². The maximum absolute atomic E-state index is 9.69. The molecule has 0 saturated carbocycles. The quantitative estimate of drug-likeness (QED) is 0.757. The van der Waals surface area contributed by atoms with E-state index in [0.29, 0.717) is 22.8 Å². The summed E-state index contributed by atoms with van der Waals surface area (Å²) < 4.78 is 16.6. The van der Waals surface area contributed by atoms with E-state index < -0.39 is 0 Å². The molecule has 0 saturated heterocycles. The molecule has 4 rings (SSSR count). The Balaban J connectivity index is 1.96. The highest BCUT2D eigenvalue weighted by Crippen LogP contribution is 2.46. The minimum Gasteiger partial charge on any atom is -0.493 e. The minimum atomic E-state index is -0.345. The number of nitrogens with two attached hydrogens (primary N) is 1. The molecule has 3 N–H and O–H groups in total. The van der Waals surface area contributed by atoms with E-state index in [4.69, 9.17) is 19.9 Å². The van der Waals surface area contributed by atoms with Crippen molar-refractivity contribution in [3.05, 3.63) is 65.2 Å². The number of ether oxygens (including phenoxy) is 3. The van der Waals surface area contributed by atoms with Gasteiger partial charge < -0.3 is 24.9 Å². The third-order valence-electron chi connectivity index (χ3n) is 4.65. The molecule has 130 valence electrons. The van der Waals surface area contributed by atoms with E-state index in [-0.39, 0.29) is 11.8 Å². The van der Waals surface area contributed by atoms with Gasteiger partial charge in [-0.2, -0.15) is 5.26 Å². The van der Waals surface area contributed by atoms with Crippen LogP contribution in [0.4, 0.5) is 0 Å². The van der Waals surface area contributed by atoms with Crippen LogP contribution in [-0.4, -0.2) is 19.2 Å². The number of nitrogens with one attached hydrogen (secondary N) is 1. The summed E-state index contributed by atoms with van der Waals surface area (Å²) in [6, 6.07) is 13.7. The SMILES string of the molecule is COc1ccc([C@@H]2C(C#N)=C(N)Oc3c2ccc2[nH]ccc32)cc1OC. The van der Waals surface area contributed by atoms with Crippen molar-refractivity contribution in [2.75, 3.05) is 14.2 Å². The van der Waals surface area contributed by atoms with Gasteiger partial charge in [0.2, 0.25) is 5.88 Å². The summed E-state index contributed by atoms with van der Waals surface area (Å²) in [6.45, 7) is 0. The lowest BCUT2D eigenvalue weighted by Gasteiger charge is -2.27. The summed E-state index contributed by atoms with van der Waals surface area (Å²) >= 11 is 0. The number of fused-ring (bicyclic) bond motifs is 3. The summed E-state index contributed by atoms with van der Waals surface area (Å²) in [4.78, 5) is 3.16. The van der Waals surface area contributed by atoms with E-state index >= 15 is 0 Å². The van der Waals surface area contributed by atoms with E-state index in [9.17, 15) is 5.26 Å². The second-order valence-electron chi connectivity index (χ2n) is 5.96. The number of rotatable bonds is 3. The first-order chi connectivity index (χ1) is 12.7. The van der Waals surface area contributed by atoms with Crippen molar-refractivity contribution in [3.63, 3.8) is 0 Å². The van der Waals surface area contributed by atoms with Crippen LogP contribution in [-0.2, 0) is 0 Å². The van der Waals surface area contributed by atoms with Crippen molar-refractivity contribution in [2.24, 2.45) is 5.73 Å². The van der Waals surface area contributed by atoms with Crippen LogP contribution in [0.1, 0.15) is 17.0 Å². The second-order valence-corrected chi connectivity index (χ2v) is 5.96.